The van der Waals surface area contributed by atoms with E-state index in [4.69, 9.17) is 14.2 Å². The molecule has 1 N–H and O–H groups in total. The molecule has 0 fully saturated rings. The molecule has 0 saturated heterocycles. The molecule has 0 heterocycles. The van der Waals surface area contributed by atoms with Gasteiger partial charge in [-0.05, 0) is 24.1 Å². The fourth-order valence-electron chi connectivity index (χ4n) is 2.74. The van der Waals surface area contributed by atoms with Gasteiger partial charge in [-0.25, -0.2) is 9.59 Å². The fourth-order valence-corrected chi connectivity index (χ4v) is 2.74. The zero-order valence-corrected chi connectivity index (χ0v) is 17.4. The van der Waals surface area contributed by atoms with Gasteiger partial charge in [0.15, 0.2) is 6.61 Å². The molecule has 0 spiro atoms. The van der Waals surface area contributed by atoms with Crippen molar-refractivity contribution < 1.29 is 28.6 Å². The second kappa shape index (κ2) is 11.6. The van der Waals surface area contributed by atoms with Gasteiger partial charge in [-0.15, -0.1) is 0 Å². The van der Waals surface area contributed by atoms with Gasteiger partial charge < -0.3 is 19.5 Å². The highest BCUT2D eigenvalue weighted by Gasteiger charge is 2.27. The first-order chi connectivity index (χ1) is 14.5. The Morgan fingerprint density at radius 2 is 1.67 bits per heavy atom. The molecule has 160 valence electrons. The van der Waals surface area contributed by atoms with Crippen molar-refractivity contribution in [3.63, 3.8) is 0 Å². The van der Waals surface area contributed by atoms with Crippen molar-refractivity contribution in [2.24, 2.45) is 5.92 Å². The molecule has 2 aromatic carbocycles. The Morgan fingerprint density at radius 3 is 2.33 bits per heavy atom. The number of esters is 2. The topological polar surface area (TPSA) is 90.9 Å². The van der Waals surface area contributed by atoms with Crippen LogP contribution in [0, 0.1) is 5.92 Å². The van der Waals surface area contributed by atoms with E-state index < -0.39 is 30.5 Å². The molecule has 0 saturated carbocycles. The Balaban J connectivity index is 1.95. The van der Waals surface area contributed by atoms with Gasteiger partial charge in [0.05, 0.1) is 12.7 Å². The predicted octanol–water partition coefficient (Wildman–Crippen LogP) is 3.13. The van der Waals surface area contributed by atoms with Crippen LogP contribution in [-0.2, 0) is 25.7 Å². The molecule has 2 rings (SSSR count). The van der Waals surface area contributed by atoms with E-state index in [1.165, 1.54) is 7.11 Å². The third kappa shape index (κ3) is 6.62. The lowest BCUT2D eigenvalue weighted by atomic mass is 9.99. The maximum Gasteiger partial charge on any atom is 0.339 e. The van der Waals surface area contributed by atoms with Crippen molar-refractivity contribution in [2.75, 3.05) is 13.7 Å². The molecule has 1 amide bonds. The molecule has 0 aromatic heterocycles. The molecule has 0 unspecified atom stereocenters. The molecule has 7 nitrogen and oxygen atoms in total. The number of hydrogen-bond donors (Lipinski definition) is 1. The summed E-state index contributed by atoms with van der Waals surface area (Å²) >= 11 is 0. The van der Waals surface area contributed by atoms with E-state index in [0.717, 1.165) is 0 Å². The molecule has 0 aliphatic rings. The van der Waals surface area contributed by atoms with Gasteiger partial charge in [-0.3, -0.25) is 4.79 Å². The normalized spacial score (nSPS) is 12.4. The molecule has 0 radical (unpaired) electrons. The van der Waals surface area contributed by atoms with E-state index >= 15 is 0 Å². The summed E-state index contributed by atoms with van der Waals surface area (Å²) in [5, 5.41) is 2.57. The van der Waals surface area contributed by atoms with E-state index in [9.17, 15) is 14.4 Å². The highest BCUT2D eigenvalue weighted by atomic mass is 16.5. The number of para-hydroxylation sites is 1. The van der Waals surface area contributed by atoms with Crippen LogP contribution in [0.1, 0.15) is 36.2 Å². The summed E-state index contributed by atoms with van der Waals surface area (Å²) in [6.45, 7) is 3.41. The van der Waals surface area contributed by atoms with Gasteiger partial charge in [-0.1, -0.05) is 56.7 Å². The molecule has 0 bridgehead atoms. The second-order valence-corrected chi connectivity index (χ2v) is 6.79. The summed E-state index contributed by atoms with van der Waals surface area (Å²) in [5.74, 6) is -1.19. The highest BCUT2D eigenvalue weighted by Crippen LogP contribution is 2.16. The summed E-state index contributed by atoms with van der Waals surface area (Å²) in [5.41, 5.74) is 0.950. The molecule has 7 heteroatoms. The number of ether oxygens (including phenoxy) is 3. The fraction of sp³-hybridized carbons (Fsp3) is 0.348. The van der Waals surface area contributed by atoms with Gasteiger partial charge in [0.1, 0.15) is 18.4 Å². The highest BCUT2D eigenvalue weighted by molar-refractivity contribution is 5.93. The maximum absolute atomic E-state index is 12.5. The van der Waals surface area contributed by atoms with Crippen LogP contribution in [0.15, 0.2) is 54.6 Å². The Bertz CT molecular complexity index is 852. The van der Waals surface area contributed by atoms with Crippen LogP contribution < -0.4 is 10.1 Å². The van der Waals surface area contributed by atoms with Crippen LogP contribution in [0.5, 0.6) is 5.75 Å². The molecular formula is C23H27NO6. The number of amides is 1. The average molecular weight is 413 g/mol. The summed E-state index contributed by atoms with van der Waals surface area (Å²) < 4.78 is 15.6. The summed E-state index contributed by atoms with van der Waals surface area (Å²) in [7, 11) is 1.26. The van der Waals surface area contributed by atoms with Crippen molar-refractivity contribution in [2.45, 2.75) is 32.9 Å². The predicted molar refractivity (Wildman–Crippen MR) is 111 cm³/mol. The lowest BCUT2D eigenvalue weighted by molar-refractivity contribution is -0.147. The van der Waals surface area contributed by atoms with Gasteiger partial charge >= 0.3 is 11.9 Å². The van der Waals surface area contributed by atoms with Crippen LogP contribution in [-0.4, -0.2) is 37.6 Å². The molecule has 2 atom stereocenters. The Kier molecular flexibility index (Phi) is 8.87. The van der Waals surface area contributed by atoms with Crippen LogP contribution in [0.2, 0.25) is 0 Å². The minimum atomic E-state index is -0.794. The van der Waals surface area contributed by atoms with Crippen LogP contribution in [0.4, 0.5) is 0 Å². The Hall–Kier alpha value is -3.35. The van der Waals surface area contributed by atoms with E-state index in [2.05, 4.69) is 5.32 Å². The monoisotopic (exact) mass is 413 g/mol. The molecule has 2 aromatic rings. The van der Waals surface area contributed by atoms with Crippen molar-refractivity contribution >= 4 is 17.8 Å². The van der Waals surface area contributed by atoms with Crippen LogP contribution in [0.3, 0.4) is 0 Å². The van der Waals surface area contributed by atoms with Crippen molar-refractivity contribution in [1.29, 1.82) is 0 Å². The van der Waals surface area contributed by atoms with E-state index in [1.54, 1.807) is 24.3 Å². The first kappa shape index (κ1) is 22.9. The summed E-state index contributed by atoms with van der Waals surface area (Å²) in [4.78, 5) is 36.6. The first-order valence-electron chi connectivity index (χ1n) is 9.76. The van der Waals surface area contributed by atoms with Crippen molar-refractivity contribution in [1.82, 2.24) is 5.32 Å². The second-order valence-electron chi connectivity index (χ2n) is 6.79. The summed E-state index contributed by atoms with van der Waals surface area (Å²) in [6, 6.07) is 15.3. The molecule has 0 aliphatic heterocycles. The van der Waals surface area contributed by atoms with Crippen LogP contribution >= 0.6 is 0 Å². The minimum absolute atomic E-state index is 0.118. The number of carbonyl (C=O) groups excluding carboxylic acids is 3. The average Bonchev–Trinajstić information content (AvgIpc) is 2.79. The maximum atomic E-state index is 12.5. The first-order valence-corrected chi connectivity index (χ1v) is 9.76. The number of hydrogen-bond acceptors (Lipinski definition) is 6. The zero-order chi connectivity index (χ0) is 21.9. The van der Waals surface area contributed by atoms with Gasteiger partial charge in [0, 0.05) is 5.56 Å². The number of benzene rings is 2. The number of rotatable bonds is 10. The van der Waals surface area contributed by atoms with Gasteiger partial charge in [0.25, 0.3) is 5.91 Å². The minimum Gasteiger partial charge on any atom is -0.489 e. The Labute approximate surface area is 176 Å². The van der Waals surface area contributed by atoms with E-state index in [0.29, 0.717) is 23.3 Å². The third-order valence-corrected chi connectivity index (χ3v) is 4.69. The Morgan fingerprint density at radius 1 is 1.00 bits per heavy atom. The molecule has 0 aliphatic carbocycles. The molecular weight excluding hydrogens is 386 g/mol. The third-order valence-electron chi connectivity index (χ3n) is 4.69. The van der Waals surface area contributed by atoms with Crippen molar-refractivity contribution in [3.05, 3.63) is 65.7 Å². The SMILES string of the molecule is CC[C@H](C)[C@H](NC(=O)COC(=O)c1ccccc1COc1ccccc1)C(=O)OC. The number of methoxy groups -OCH3 is 1. The zero-order valence-electron chi connectivity index (χ0n) is 17.4. The van der Waals surface area contributed by atoms with Crippen molar-refractivity contribution in [3.8, 4) is 5.75 Å². The quantitative estimate of drug-likeness (QED) is 0.602. The van der Waals surface area contributed by atoms with E-state index in [-0.39, 0.29) is 12.5 Å². The van der Waals surface area contributed by atoms with Gasteiger partial charge in [-0.2, -0.15) is 0 Å². The number of nitrogens with one attached hydrogen (secondary N) is 1. The summed E-state index contributed by atoms with van der Waals surface area (Å²) in [6.07, 6.45) is 0.675. The molecule has 30 heavy (non-hydrogen) atoms. The standard InChI is InChI=1S/C23H27NO6/c1-4-16(2)21(23(27)28-3)24-20(25)15-30-22(26)19-13-9-8-10-17(19)14-29-18-11-6-5-7-12-18/h5-13,16,21H,4,14-15H2,1-3H3,(H,24,25)/t16-,21-/m0/s1. The smallest absolute Gasteiger partial charge is 0.339 e. The largest absolute Gasteiger partial charge is 0.489 e. The lowest BCUT2D eigenvalue weighted by Gasteiger charge is -2.21. The number of carbonyl (C=O) groups is 3. The van der Waals surface area contributed by atoms with Crippen LogP contribution in [0.25, 0.3) is 0 Å². The van der Waals surface area contributed by atoms with E-state index in [1.807, 2.05) is 44.2 Å². The lowest BCUT2D eigenvalue weighted by Crippen LogP contribution is -2.47. The van der Waals surface area contributed by atoms with Gasteiger partial charge in [0.2, 0.25) is 0 Å².